The lowest BCUT2D eigenvalue weighted by Gasteiger charge is -2.33. The summed E-state index contributed by atoms with van der Waals surface area (Å²) in [7, 11) is 0. The monoisotopic (exact) mass is 694 g/mol. The Kier molecular flexibility index (Phi) is 10.8. The summed E-state index contributed by atoms with van der Waals surface area (Å²) in [6, 6.07) is 21.5. The van der Waals surface area contributed by atoms with Crippen molar-refractivity contribution in [2.24, 2.45) is 11.3 Å². The highest BCUT2D eigenvalue weighted by molar-refractivity contribution is 8.00. The number of amides is 2. The Morgan fingerprint density at radius 1 is 1.00 bits per heavy atom. The standard InChI is InChI=1S/C36H36Cl2N2O4S2/c1-5-44-35(43)30-27-16-14-22(36(2,3)4)18-29(27)46-34(30)40-33(42)31(21-10-7-6-8-11-21)45-25-13-9-12-24(20-25)39-32(41)26-17-15-23(37)19-28(26)38/h6-13,15,17,19-20,22,31H,5,14,16,18H2,1-4H3,(H,39,41)(H,40,42). The predicted octanol–water partition coefficient (Wildman–Crippen LogP) is 10.1. The lowest BCUT2D eigenvalue weighted by molar-refractivity contribution is -0.115. The molecule has 2 atom stereocenters. The quantitative estimate of drug-likeness (QED) is 0.135. The van der Waals surface area contributed by atoms with E-state index >= 15 is 0 Å². The number of ether oxygens (including phenoxy) is 1. The highest BCUT2D eigenvalue weighted by Crippen LogP contribution is 2.45. The molecule has 1 aliphatic carbocycles. The second-order valence-electron chi connectivity index (χ2n) is 12.2. The van der Waals surface area contributed by atoms with Gasteiger partial charge in [0.2, 0.25) is 5.91 Å². The van der Waals surface area contributed by atoms with Crippen molar-refractivity contribution < 1.29 is 19.1 Å². The molecule has 0 radical (unpaired) electrons. The second-order valence-corrected chi connectivity index (χ2v) is 15.4. The van der Waals surface area contributed by atoms with E-state index in [0.717, 1.165) is 40.2 Å². The Bertz CT molecular complexity index is 1750. The molecule has 2 unspecified atom stereocenters. The SMILES string of the molecule is CCOC(=O)c1c(NC(=O)C(Sc2cccc(NC(=O)c3ccc(Cl)cc3Cl)c2)c2ccccc2)sc2c1CCC(C(C)(C)C)C2. The molecule has 0 aliphatic heterocycles. The molecule has 4 aromatic rings. The van der Waals surface area contributed by atoms with Crippen LogP contribution in [0.2, 0.25) is 10.0 Å². The number of benzene rings is 3. The van der Waals surface area contributed by atoms with E-state index in [0.29, 0.717) is 32.8 Å². The van der Waals surface area contributed by atoms with Crippen LogP contribution in [-0.2, 0) is 22.4 Å². The number of halogens is 2. The number of hydrogen-bond acceptors (Lipinski definition) is 6. The number of thioether (sulfide) groups is 1. The number of hydrogen-bond donors (Lipinski definition) is 2. The molecule has 0 saturated carbocycles. The summed E-state index contributed by atoms with van der Waals surface area (Å²) >= 11 is 15.1. The summed E-state index contributed by atoms with van der Waals surface area (Å²) in [5.41, 5.74) is 3.27. The van der Waals surface area contributed by atoms with Crippen LogP contribution in [0.3, 0.4) is 0 Å². The number of fused-ring (bicyclic) bond motifs is 1. The fraction of sp³-hybridized carbons (Fsp3) is 0.306. The summed E-state index contributed by atoms with van der Waals surface area (Å²) in [6.45, 7) is 8.79. The molecule has 0 saturated heterocycles. The average Bonchev–Trinajstić information content (AvgIpc) is 3.37. The van der Waals surface area contributed by atoms with Crippen LogP contribution in [0.5, 0.6) is 0 Å². The number of nitrogens with one attached hydrogen (secondary N) is 2. The van der Waals surface area contributed by atoms with E-state index in [1.54, 1.807) is 25.1 Å². The summed E-state index contributed by atoms with van der Waals surface area (Å²) in [4.78, 5) is 42.2. The minimum absolute atomic E-state index is 0.138. The molecule has 0 fully saturated rings. The van der Waals surface area contributed by atoms with Gasteiger partial charge in [-0.2, -0.15) is 0 Å². The molecule has 240 valence electrons. The first kappa shape index (κ1) is 34.0. The maximum absolute atomic E-state index is 14.1. The van der Waals surface area contributed by atoms with Crippen molar-refractivity contribution in [1.82, 2.24) is 0 Å². The van der Waals surface area contributed by atoms with E-state index in [1.165, 1.54) is 29.2 Å². The van der Waals surface area contributed by atoms with Gasteiger partial charge in [0.1, 0.15) is 10.3 Å². The molecule has 0 spiro atoms. The predicted molar refractivity (Wildman–Crippen MR) is 190 cm³/mol. The molecule has 2 amide bonds. The van der Waals surface area contributed by atoms with Crippen molar-refractivity contribution in [3.05, 3.63) is 110 Å². The highest BCUT2D eigenvalue weighted by atomic mass is 35.5. The Morgan fingerprint density at radius 3 is 2.46 bits per heavy atom. The number of esters is 1. The third kappa shape index (κ3) is 7.97. The zero-order valence-corrected chi connectivity index (χ0v) is 29.3. The van der Waals surface area contributed by atoms with Gasteiger partial charge in [-0.15, -0.1) is 23.1 Å². The van der Waals surface area contributed by atoms with E-state index in [1.807, 2.05) is 48.5 Å². The van der Waals surface area contributed by atoms with E-state index in [4.69, 9.17) is 27.9 Å². The maximum Gasteiger partial charge on any atom is 0.341 e. The molecule has 1 aromatic heterocycles. The fourth-order valence-corrected chi connectivity index (χ4v) is 8.46. The first-order valence-corrected chi connectivity index (χ1v) is 17.6. The van der Waals surface area contributed by atoms with Gasteiger partial charge in [0.15, 0.2) is 0 Å². The summed E-state index contributed by atoms with van der Waals surface area (Å²) < 4.78 is 5.46. The number of rotatable bonds is 9. The number of carbonyl (C=O) groups is 3. The summed E-state index contributed by atoms with van der Waals surface area (Å²) in [5.74, 6) is -0.552. The van der Waals surface area contributed by atoms with E-state index in [9.17, 15) is 14.4 Å². The van der Waals surface area contributed by atoms with Crippen molar-refractivity contribution >= 4 is 74.8 Å². The Morgan fingerprint density at radius 2 is 1.76 bits per heavy atom. The van der Waals surface area contributed by atoms with Crippen LogP contribution in [0.4, 0.5) is 10.7 Å². The molecule has 3 aromatic carbocycles. The number of thiophene rings is 1. The van der Waals surface area contributed by atoms with Gasteiger partial charge < -0.3 is 15.4 Å². The van der Waals surface area contributed by atoms with Crippen LogP contribution >= 0.6 is 46.3 Å². The zero-order chi connectivity index (χ0) is 33.0. The van der Waals surface area contributed by atoms with Crippen LogP contribution in [0.1, 0.15) is 76.1 Å². The normalized spacial score (nSPS) is 15.0. The van der Waals surface area contributed by atoms with Gasteiger partial charge in [-0.3, -0.25) is 9.59 Å². The molecule has 0 bridgehead atoms. The third-order valence-corrected chi connectivity index (χ3v) is 11.0. The molecule has 5 rings (SSSR count). The number of carbonyl (C=O) groups excluding carboxylic acids is 3. The van der Waals surface area contributed by atoms with Gasteiger partial charge in [0.25, 0.3) is 5.91 Å². The smallest absolute Gasteiger partial charge is 0.341 e. The largest absolute Gasteiger partial charge is 0.462 e. The van der Waals surface area contributed by atoms with E-state index in [-0.39, 0.29) is 28.9 Å². The van der Waals surface area contributed by atoms with Crippen LogP contribution in [0.25, 0.3) is 0 Å². The van der Waals surface area contributed by atoms with E-state index < -0.39 is 11.2 Å². The minimum Gasteiger partial charge on any atom is -0.462 e. The molecule has 1 aliphatic rings. The molecule has 6 nitrogen and oxygen atoms in total. The van der Waals surface area contributed by atoms with Crippen LogP contribution in [0.15, 0.2) is 77.7 Å². The van der Waals surface area contributed by atoms with Crippen molar-refractivity contribution in [3.63, 3.8) is 0 Å². The number of anilines is 2. The maximum atomic E-state index is 14.1. The van der Waals surface area contributed by atoms with Crippen molar-refractivity contribution in [2.45, 2.75) is 57.1 Å². The molecule has 2 N–H and O–H groups in total. The van der Waals surface area contributed by atoms with Gasteiger partial charge in [-0.1, -0.05) is 80.4 Å². The molecule has 10 heteroatoms. The lowest BCUT2D eigenvalue weighted by Crippen LogP contribution is -2.26. The van der Waals surface area contributed by atoms with Crippen LogP contribution < -0.4 is 10.6 Å². The van der Waals surface area contributed by atoms with Crippen LogP contribution in [-0.4, -0.2) is 24.4 Å². The van der Waals surface area contributed by atoms with Gasteiger partial charge in [0, 0.05) is 20.5 Å². The Balaban J connectivity index is 1.42. The zero-order valence-electron chi connectivity index (χ0n) is 26.1. The van der Waals surface area contributed by atoms with Gasteiger partial charge in [-0.25, -0.2) is 4.79 Å². The second kappa shape index (κ2) is 14.6. The van der Waals surface area contributed by atoms with Gasteiger partial charge >= 0.3 is 5.97 Å². The Hall–Kier alpha value is -3.30. The summed E-state index contributed by atoms with van der Waals surface area (Å²) in [5, 5.41) is 6.59. The fourth-order valence-electron chi connectivity index (χ4n) is 5.57. The van der Waals surface area contributed by atoms with Crippen LogP contribution in [0, 0.1) is 11.3 Å². The first-order chi connectivity index (χ1) is 21.9. The van der Waals surface area contributed by atoms with Crippen molar-refractivity contribution in [1.29, 1.82) is 0 Å². The minimum atomic E-state index is -0.644. The van der Waals surface area contributed by atoms with Gasteiger partial charge in [-0.05, 0) is 85.0 Å². The van der Waals surface area contributed by atoms with Crippen molar-refractivity contribution in [2.75, 3.05) is 17.2 Å². The third-order valence-electron chi connectivity index (χ3n) is 8.07. The highest BCUT2D eigenvalue weighted by Gasteiger charge is 2.35. The first-order valence-electron chi connectivity index (χ1n) is 15.1. The molecule has 46 heavy (non-hydrogen) atoms. The molecule has 1 heterocycles. The van der Waals surface area contributed by atoms with Gasteiger partial charge in [0.05, 0.1) is 22.8 Å². The van der Waals surface area contributed by atoms with E-state index in [2.05, 4.69) is 31.4 Å². The summed E-state index contributed by atoms with van der Waals surface area (Å²) in [6.07, 6.45) is 2.61. The molecular weight excluding hydrogens is 659 g/mol. The Labute approximate surface area is 288 Å². The average molecular weight is 696 g/mol. The van der Waals surface area contributed by atoms with Crippen molar-refractivity contribution in [3.8, 4) is 0 Å². The lowest BCUT2D eigenvalue weighted by atomic mass is 9.72. The topological polar surface area (TPSA) is 84.5 Å². The molecular formula is C36H36Cl2N2O4S2.